The maximum atomic E-state index is 13.0. The molecule has 0 saturated heterocycles. The number of non-ortho nitro benzene ring substituents is 1. The highest BCUT2D eigenvalue weighted by Gasteiger charge is 2.30. The maximum Gasteiger partial charge on any atom is 0.269 e. The van der Waals surface area contributed by atoms with Crippen molar-refractivity contribution in [3.05, 3.63) is 70.3 Å². The molecular weight excluding hydrogens is 462 g/mol. The van der Waals surface area contributed by atoms with E-state index in [4.69, 9.17) is 0 Å². The maximum absolute atomic E-state index is 13.0. The van der Waals surface area contributed by atoms with Crippen LogP contribution in [0.25, 0.3) is 0 Å². The molecular formula is C23H29N3O7S. The van der Waals surface area contributed by atoms with Crippen molar-refractivity contribution in [3.63, 3.8) is 0 Å². The Balaban J connectivity index is 1.63. The van der Waals surface area contributed by atoms with E-state index in [1.807, 2.05) is 30.3 Å². The van der Waals surface area contributed by atoms with Gasteiger partial charge in [0.15, 0.2) is 0 Å². The highest BCUT2D eigenvalue weighted by molar-refractivity contribution is 7.89. The fourth-order valence-corrected chi connectivity index (χ4v) is 5.11. The third kappa shape index (κ3) is 7.07. The molecule has 0 bridgehead atoms. The van der Waals surface area contributed by atoms with Crippen LogP contribution in [0.2, 0.25) is 0 Å². The molecule has 0 heterocycles. The molecule has 1 amide bonds. The number of carbonyl (C=O) groups excluding carboxylic acids is 1. The van der Waals surface area contributed by atoms with Crippen molar-refractivity contribution in [1.29, 1.82) is 0 Å². The summed E-state index contributed by atoms with van der Waals surface area (Å²) in [7, 11) is -4.00. The molecule has 1 aliphatic carbocycles. The molecule has 2 aromatic rings. The Kier molecular flexibility index (Phi) is 8.72. The zero-order chi connectivity index (χ0) is 24.7. The largest absolute Gasteiger partial charge is 0.392 e. The van der Waals surface area contributed by atoms with Gasteiger partial charge in [-0.15, -0.1) is 0 Å². The fraction of sp³-hybridized carbons (Fsp3) is 0.435. The number of carbonyl (C=O) groups is 1. The summed E-state index contributed by atoms with van der Waals surface area (Å²) in [6.45, 7) is -0.329. The molecule has 1 saturated carbocycles. The Morgan fingerprint density at radius 3 is 2.38 bits per heavy atom. The smallest absolute Gasteiger partial charge is 0.269 e. The second-order valence-electron chi connectivity index (χ2n) is 8.49. The Morgan fingerprint density at radius 1 is 1.12 bits per heavy atom. The number of amides is 1. The number of nitrogens with one attached hydrogen (secondary N) is 2. The lowest BCUT2D eigenvalue weighted by atomic mass is 9.92. The lowest BCUT2D eigenvalue weighted by molar-refractivity contribution is -0.384. The minimum Gasteiger partial charge on any atom is -0.392 e. The van der Waals surface area contributed by atoms with Gasteiger partial charge in [-0.3, -0.25) is 14.9 Å². The van der Waals surface area contributed by atoms with E-state index in [2.05, 4.69) is 10.0 Å². The van der Waals surface area contributed by atoms with E-state index in [9.17, 15) is 33.5 Å². The first kappa shape index (κ1) is 25.8. The molecule has 4 N–H and O–H groups in total. The van der Waals surface area contributed by atoms with Gasteiger partial charge in [0.2, 0.25) is 15.9 Å². The Hall–Kier alpha value is -2.86. The normalized spacial score (nSPS) is 19.9. The number of aliphatic hydroxyl groups excluding tert-OH is 2. The zero-order valence-corrected chi connectivity index (χ0v) is 19.4. The molecule has 2 aromatic carbocycles. The van der Waals surface area contributed by atoms with Crippen LogP contribution in [-0.2, 0) is 21.2 Å². The number of aliphatic hydroxyl groups is 2. The molecule has 1 aliphatic rings. The summed E-state index contributed by atoms with van der Waals surface area (Å²) in [5.41, 5.74) is 0.661. The van der Waals surface area contributed by atoms with Crippen LogP contribution in [-0.4, -0.2) is 54.3 Å². The van der Waals surface area contributed by atoms with Gasteiger partial charge in [-0.2, -0.15) is 0 Å². The molecule has 1 fully saturated rings. The number of sulfonamides is 1. The lowest BCUT2D eigenvalue weighted by Crippen LogP contribution is -2.44. The first-order valence-corrected chi connectivity index (χ1v) is 12.6. The van der Waals surface area contributed by atoms with Crippen molar-refractivity contribution in [2.45, 2.75) is 55.2 Å². The van der Waals surface area contributed by atoms with E-state index in [0.717, 1.165) is 36.2 Å². The monoisotopic (exact) mass is 491 g/mol. The predicted molar refractivity (Wildman–Crippen MR) is 124 cm³/mol. The number of hydrogen-bond acceptors (Lipinski definition) is 7. The molecule has 184 valence electrons. The van der Waals surface area contributed by atoms with Gasteiger partial charge < -0.3 is 15.5 Å². The van der Waals surface area contributed by atoms with Crippen LogP contribution >= 0.6 is 0 Å². The van der Waals surface area contributed by atoms with Crippen LogP contribution in [0, 0.1) is 16.0 Å². The summed E-state index contributed by atoms with van der Waals surface area (Å²) in [5.74, 6) is -0.929. The number of benzene rings is 2. The average molecular weight is 492 g/mol. The van der Waals surface area contributed by atoms with Crippen LogP contribution in [0.5, 0.6) is 0 Å². The quantitative estimate of drug-likeness (QED) is 0.274. The summed E-state index contributed by atoms with van der Waals surface area (Å²) in [5, 5.41) is 34.2. The van der Waals surface area contributed by atoms with Gasteiger partial charge in [0, 0.05) is 24.6 Å². The molecule has 0 radical (unpaired) electrons. The molecule has 3 rings (SSSR count). The number of nitro groups is 1. The van der Waals surface area contributed by atoms with Gasteiger partial charge in [0.1, 0.15) is 0 Å². The second kappa shape index (κ2) is 11.5. The van der Waals surface area contributed by atoms with Gasteiger partial charge in [-0.1, -0.05) is 30.3 Å². The minimum absolute atomic E-state index is 0.00627. The summed E-state index contributed by atoms with van der Waals surface area (Å²) in [6.07, 6.45) is 0.737. The highest BCUT2D eigenvalue weighted by atomic mass is 32.2. The molecule has 0 aromatic heterocycles. The van der Waals surface area contributed by atoms with Crippen molar-refractivity contribution < 1.29 is 28.3 Å². The van der Waals surface area contributed by atoms with Gasteiger partial charge in [0.25, 0.3) is 5.69 Å². The third-order valence-electron chi connectivity index (χ3n) is 5.93. The van der Waals surface area contributed by atoms with Gasteiger partial charge in [-0.05, 0) is 49.8 Å². The highest BCUT2D eigenvalue weighted by Crippen LogP contribution is 2.21. The molecule has 34 heavy (non-hydrogen) atoms. The van der Waals surface area contributed by atoms with E-state index >= 15 is 0 Å². The Bertz CT molecular complexity index is 1080. The molecule has 0 unspecified atom stereocenters. The number of rotatable bonds is 11. The first-order valence-electron chi connectivity index (χ1n) is 11.1. The van der Waals surface area contributed by atoms with E-state index in [1.165, 1.54) is 0 Å². The van der Waals surface area contributed by atoms with Gasteiger partial charge >= 0.3 is 0 Å². The topological polar surface area (TPSA) is 159 Å². The van der Waals surface area contributed by atoms with E-state index in [1.54, 1.807) is 0 Å². The van der Waals surface area contributed by atoms with Crippen LogP contribution in [0.3, 0.4) is 0 Å². The van der Waals surface area contributed by atoms with Crippen molar-refractivity contribution in [2.24, 2.45) is 5.92 Å². The Morgan fingerprint density at radius 2 is 1.79 bits per heavy atom. The number of nitro benzene ring substituents is 1. The zero-order valence-electron chi connectivity index (χ0n) is 18.5. The van der Waals surface area contributed by atoms with Crippen molar-refractivity contribution in [1.82, 2.24) is 10.0 Å². The minimum atomic E-state index is -4.00. The van der Waals surface area contributed by atoms with Crippen LogP contribution in [0.4, 0.5) is 5.69 Å². The molecule has 10 nitrogen and oxygen atoms in total. The van der Waals surface area contributed by atoms with Crippen molar-refractivity contribution in [3.8, 4) is 0 Å². The number of nitrogens with zero attached hydrogens (tertiary/aromatic N) is 1. The third-order valence-corrected chi connectivity index (χ3v) is 7.37. The average Bonchev–Trinajstić information content (AvgIpc) is 3.22. The summed E-state index contributed by atoms with van der Waals surface area (Å²) >= 11 is 0. The van der Waals surface area contributed by atoms with Crippen LogP contribution in [0.15, 0.2) is 59.5 Å². The van der Waals surface area contributed by atoms with E-state index in [0.29, 0.717) is 19.3 Å². The van der Waals surface area contributed by atoms with Crippen molar-refractivity contribution in [2.75, 3.05) is 6.54 Å². The molecule has 4 atom stereocenters. The fourth-order valence-electron chi connectivity index (χ4n) is 4.04. The van der Waals surface area contributed by atoms with Gasteiger partial charge in [0.05, 0.1) is 28.1 Å². The van der Waals surface area contributed by atoms with Gasteiger partial charge in [-0.25, -0.2) is 13.1 Å². The van der Waals surface area contributed by atoms with Crippen LogP contribution in [0.1, 0.15) is 31.2 Å². The molecule has 0 aliphatic heterocycles. The van der Waals surface area contributed by atoms with Crippen molar-refractivity contribution >= 4 is 21.6 Å². The van der Waals surface area contributed by atoms with E-state index < -0.39 is 33.1 Å². The standard InChI is InChI=1S/C23H29N3O7S/c27-19(15-24-34(32,33)20-11-9-18(10-12-20)26(30)31)14-17(13-16-5-2-1-3-6-16)23(29)25-21-7-4-8-22(21)28/h1-3,5-6,9-12,17,19,21-22,24,27-28H,4,7-8,13-15H2,(H,25,29)/t17-,19+,21+,22-/m1/s1. The lowest BCUT2D eigenvalue weighted by Gasteiger charge is -2.24. The SMILES string of the molecule is O=C(N[C@H]1CCC[C@H]1O)[C@H](Cc1ccccc1)C[C@H](O)CNS(=O)(=O)c1ccc([N+](=O)[O-])cc1. The molecule has 11 heteroatoms. The second-order valence-corrected chi connectivity index (χ2v) is 10.3. The number of hydrogen-bond donors (Lipinski definition) is 4. The first-order chi connectivity index (χ1) is 16.2. The predicted octanol–water partition coefficient (Wildman–Crippen LogP) is 1.51. The molecule has 0 spiro atoms. The Labute approximate surface area is 198 Å². The summed E-state index contributed by atoms with van der Waals surface area (Å²) in [6, 6.07) is 13.4. The summed E-state index contributed by atoms with van der Waals surface area (Å²) < 4.78 is 27.3. The van der Waals surface area contributed by atoms with E-state index in [-0.39, 0.29) is 35.5 Å². The van der Waals surface area contributed by atoms with Crippen LogP contribution < -0.4 is 10.0 Å². The summed E-state index contributed by atoms with van der Waals surface area (Å²) in [4.78, 5) is 22.9.